The number of carbonyl (C=O) groups is 1. The number of aromatic hydroxyl groups is 1. The van der Waals surface area contributed by atoms with Crippen LogP contribution in [0.5, 0.6) is 11.5 Å². The van der Waals surface area contributed by atoms with Gasteiger partial charge < -0.3 is 9.84 Å². The lowest BCUT2D eigenvalue weighted by atomic mass is 10.1. The Labute approximate surface area is 132 Å². The Morgan fingerprint density at radius 3 is 2.74 bits per heavy atom. The molecule has 0 saturated heterocycles. The van der Waals surface area contributed by atoms with E-state index in [0.29, 0.717) is 23.5 Å². The van der Waals surface area contributed by atoms with E-state index in [-0.39, 0.29) is 11.5 Å². The van der Waals surface area contributed by atoms with Crippen molar-refractivity contribution in [3.05, 3.63) is 69.8 Å². The molecule has 0 heterocycles. The van der Waals surface area contributed by atoms with Crippen LogP contribution < -0.4 is 4.74 Å². The Morgan fingerprint density at radius 2 is 2.09 bits per heavy atom. The van der Waals surface area contributed by atoms with Crippen LogP contribution in [0.3, 0.4) is 0 Å². The van der Waals surface area contributed by atoms with Crippen molar-refractivity contribution in [3.63, 3.8) is 0 Å². The molecule has 2 aromatic carbocycles. The molecule has 0 saturated carbocycles. The lowest BCUT2D eigenvalue weighted by Gasteiger charge is -2.03. The van der Waals surface area contributed by atoms with Crippen molar-refractivity contribution >= 4 is 17.5 Å². The van der Waals surface area contributed by atoms with Crippen molar-refractivity contribution in [1.82, 2.24) is 0 Å². The maximum Gasteiger partial charge on any atom is 0.310 e. The van der Waals surface area contributed by atoms with Gasteiger partial charge in [0.2, 0.25) is 0 Å². The minimum Gasteiger partial charge on any atom is -0.502 e. The Balaban J connectivity index is 2.16. The minimum atomic E-state index is -0.673. The van der Waals surface area contributed by atoms with Crippen molar-refractivity contribution in [2.45, 2.75) is 6.92 Å². The minimum absolute atomic E-state index is 0.232. The van der Waals surface area contributed by atoms with E-state index >= 15 is 0 Å². The summed E-state index contributed by atoms with van der Waals surface area (Å²) < 4.78 is 5.34. The maximum absolute atomic E-state index is 12.1. The fourth-order valence-corrected chi connectivity index (χ4v) is 1.97. The van der Waals surface area contributed by atoms with Gasteiger partial charge in [-0.25, -0.2) is 0 Å². The van der Waals surface area contributed by atoms with E-state index in [1.807, 2.05) is 6.92 Å². The molecule has 2 aromatic rings. The van der Waals surface area contributed by atoms with Crippen LogP contribution in [-0.2, 0) is 0 Å². The average molecular weight is 313 g/mol. The molecule has 0 unspecified atom stereocenters. The van der Waals surface area contributed by atoms with E-state index in [2.05, 4.69) is 0 Å². The molecule has 1 N–H and O–H groups in total. The Morgan fingerprint density at radius 1 is 1.30 bits per heavy atom. The standard InChI is InChI=1S/C17H15NO5/c1-2-23-14-5-3-4-13(11-14)16(19)9-7-12-6-8-15(18(21)22)17(20)10-12/h3-11,20H,2H2,1H3/b9-7+. The number of phenolic OH excluding ortho intramolecular Hbond substituents is 1. The number of nitro groups is 1. The number of benzene rings is 2. The van der Waals surface area contributed by atoms with Crippen LogP contribution in [0.15, 0.2) is 48.5 Å². The molecule has 2 rings (SSSR count). The van der Waals surface area contributed by atoms with Crippen LogP contribution >= 0.6 is 0 Å². The number of nitrogens with zero attached hydrogens (tertiary/aromatic N) is 1. The normalized spacial score (nSPS) is 10.7. The molecule has 0 bridgehead atoms. The summed E-state index contributed by atoms with van der Waals surface area (Å²) in [7, 11) is 0. The molecule has 0 aromatic heterocycles. The summed E-state index contributed by atoms with van der Waals surface area (Å²) in [5.41, 5.74) is 0.582. The number of carbonyl (C=O) groups excluding carboxylic acids is 1. The predicted octanol–water partition coefficient (Wildman–Crippen LogP) is 3.60. The zero-order chi connectivity index (χ0) is 16.8. The largest absolute Gasteiger partial charge is 0.502 e. The average Bonchev–Trinajstić information content (AvgIpc) is 2.53. The van der Waals surface area contributed by atoms with Crippen molar-refractivity contribution in [3.8, 4) is 11.5 Å². The zero-order valence-corrected chi connectivity index (χ0v) is 12.4. The van der Waals surface area contributed by atoms with E-state index in [1.165, 1.54) is 30.4 Å². The SMILES string of the molecule is CCOc1cccc(C(=O)/C=C/c2ccc([N+](=O)[O-])c(O)c2)c1. The summed E-state index contributed by atoms with van der Waals surface area (Å²) in [6, 6.07) is 10.7. The summed E-state index contributed by atoms with van der Waals surface area (Å²) in [6.07, 6.45) is 2.82. The van der Waals surface area contributed by atoms with Crippen molar-refractivity contribution < 1.29 is 19.6 Å². The van der Waals surface area contributed by atoms with Gasteiger partial charge in [0.25, 0.3) is 0 Å². The summed E-state index contributed by atoms with van der Waals surface area (Å²) in [5.74, 6) is -0.0629. The van der Waals surface area contributed by atoms with Crippen LogP contribution in [-0.4, -0.2) is 22.4 Å². The Kier molecular flexibility index (Phi) is 5.09. The Bertz CT molecular complexity index is 767. The lowest BCUT2D eigenvalue weighted by Crippen LogP contribution is -1.97. The van der Waals surface area contributed by atoms with Gasteiger partial charge in [-0.2, -0.15) is 0 Å². The fourth-order valence-electron chi connectivity index (χ4n) is 1.97. The summed E-state index contributed by atoms with van der Waals surface area (Å²) in [4.78, 5) is 22.1. The van der Waals surface area contributed by atoms with E-state index in [0.717, 1.165) is 0 Å². The molecule has 0 fully saturated rings. The third kappa shape index (κ3) is 4.16. The lowest BCUT2D eigenvalue weighted by molar-refractivity contribution is -0.385. The summed E-state index contributed by atoms with van der Waals surface area (Å²) >= 11 is 0. The first-order valence-corrected chi connectivity index (χ1v) is 6.94. The highest BCUT2D eigenvalue weighted by Gasteiger charge is 2.12. The second-order valence-electron chi connectivity index (χ2n) is 4.66. The summed E-state index contributed by atoms with van der Waals surface area (Å²) in [5, 5.41) is 20.2. The highest BCUT2D eigenvalue weighted by atomic mass is 16.6. The van der Waals surface area contributed by atoms with E-state index in [4.69, 9.17) is 4.74 Å². The van der Waals surface area contributed by atoms with Gasteiger partial charge in [-0.15, -0.1) is 0 Å². The highest BCUT2D eigenvalue weighted by Crippen LogP contribution is 2.26. The van der Waals surface area contributed by atoms with Gasteiger partial charge in [0, 0.05) is 11.6 Å². The molecule has 6 heteroatoms. The molecule has 0 aliphatic heterocycles. The highest BCUT2D eigenvalue weighted by molar-refractivity contribution is 6.07. The molecular weight excluding hydrogens is 298 g/mol. The monoisotopic (exact) mass is 313 g/mol. The number of hydrogen-bond acceptors (Lipinski definition) is 5. The molecule has 23 heavy (non-hydrogen) atoms. The number of nitro benzene ring substituents is 1. The van der Waals surface area contributed by atoms with Crippen molar-refractivity contribution in [2.75, 3.05) is 6.61 Å². The van der Waals surface area contributed by atoms with Gasteiger partial charge in [0.05, 0.1) is 11.5 Å². The third-order valence-electron chi connectivity index (χ3n) is 3.05. The third-order valence-corrected chi connectivity index (χ3v) is 3.05. The molecular formula is C17H15NO5. The molecule has 0 amide bonds. The molecule has 6 nitrogen and oxygen atoms in total. The summed E-state index contributed by atoms with van der Waals surface area (Å²) in [6.45, 7) is 2.37. The molecule has 118 valence electrons. The smallest absolute Gasteiger partial charge is 0.310 e. The number of phenols is 1. The van der Waals surface area contributed by atoms with Crippen LogP contribution in [0.4, 0.5) is 5.69 Å². The van der Waals surface area contributed by atoms with Crippen LogP contribution in [0.25, 0.3) is 6.08 Å². The molecule has 0 aliphatic carbocycles. The van der Waals surface area contributed by atoms with Crippen molar-refractivity contribution in [1.29, 1.82) is 0 Å². The molecule has 0 aliphatic rings. The van der Waals surface area contributed by atoms with Gasteiger partial charge >= 0.3 is 5.69 Å². The van der Waals surface area contributed by atoms with Crippen molar-refractivity contribution in [2.24, 2.45) is 0 Å². The second-order valence-corrected chi connectivity index (χ2v) is 4.66. The number of hydrogen-bond donors (Lipinski definition) is 1. The maximum atomic E-state index is 12.1. The van der Waals surface area contributed by atoms with Gasteiger partial charge in [-0.1, -0.05) is 18.2 Å². The fraction of sp³-hybridized carbons (Fsp3) is 0.118. The van der Waals surface area contributed by atoms with E-state index in [9.17, 15) is 20.0 Å². The number of ether oxygens (including phenoxy) is 1. The number of rotatable bonds is 6. The van der Waals surface area contributed by atoms with Crippen LogP contribution in [0.2, 0.25) is 0 Å². The Hall–Kier alpha value is -3.15. The van der Waals surface area contributed by atoms with Gasteiger partial charge in [0.1, 0.15) is 5.75 Å². The van der Waals surface area contributed by atoms with E-state index < -0.39 is 10.7 Å². The molecule has 0 radical (unpaired) electrons. The second kappa shape index (κ2) is 7.22. The van der Waals surface area contributed by atoms with E-state index in [1.54, 1.807) is 24.3 Å². The van der Waals surface area contributed by atoms with Gasteiger partial charge in [-0.3, -0.25) is 14.9 Å². The first-order valence-electron chi connectivity index (χ1n) is 6.94. The quantitative estimate of drug-likeness (QED) is 0.381. The first-order chi connectivity index (χ1) is 11.0. The topological polar surface area (TPSA) is 89.7 Å². The first kappa shape index (κ1) is 16.2. The number of ketones is 1. The van der Waals surface area contributed by atoms with Gasteiger partial charge in [0.15, 0.2) is 11.5 Å². The van der Waals surface area contributed by atoms with Crippen LogP contribution in [0, 0.1) is 10.1 Å². The number of allylic oxidation sites excluding steroid dienone is 1. The zero-order valence-electron chi connectivity index (χ0n) is 12.4. The molecule has 0 spiro atoms. The molecule has 0 atom stereocenters. The van der Waals surface area contributed by atoms with Crippen LogP contribution in [0.1, 0.15) is 22.8 Å². The van der Waals surface area contributed by atoms with Gasteiger partial charge in [-0.05, 0) is 42.8 Å². The predicted molar refractivity (Wildman–Crippen MR) is 85.7 cm³/mol.